The molecule has 1 aromatic rings. The van der Waals surface area contributed by atoms with Gasteiger partial charge in [-0.2, -0.15) is 0 Å². The first-order chi connectivity index (χ1) is 6.54. The fourth-order valence-corrected chi connectivity index (χ4v) is 0.903. The van der Waals surface area contributed by atoms with Crippen molar-refractivity contribution in [3.05, 3.63) is 30.6 Å². The minimum absolute atomic E-state index is 0. The van der Waals surface area contributed by atoms with Gasteiger partial charge in [0, 0.05) is 29.2 Å². The van der Waals surface area contributed by atoms with Gasteiger partial charge in [-0.3, -0.25) is 9.78 Å². The molecule has 0 aliphatic rings. The fourth-order valence-electron chi connectivity index (χ4n) is 0.903. The molecular formula is C9H7KN2O3. The minimum atomic E-state index is -1.81. The van der Waals surface area contributed by atoms with Crippen molar-refractivity contribution in [2.75, 3.05) is 5.73 Å². The Bertz CT molecular complexity index is 418. The molecule has 0 aliphatic carbocycles. The van der Waals surface area contributed by atoms with E-state index in [1.807, 2.05) is 0 Å². The van der Waals surface area contributed by atoms with Gasteiger partial charge in [-0.25, -0.2) is 0 Å². The number of carbonyl (C=O) groups is 2. The summed E-state index contributed by atoms with van der Waals surface area (Å²) in [6.45, 7) is 3.32. The zero-order valence-corrected chi connectivity index (χ0v) is 11.3. The number of Topliss-reactive ketones (excluding diaryl/α,β-unsaturated/α-hetero) is 1. The molecule has 0 aromatic carbocycles. The second-order valence-electron chi connectivity index (χ2n) is 2.56. The normalized spacial score (nSPS) is 8.80. The molecule has 72 valence electrons. The largest absolute Gasteiger partial charge is 1.00 e. The number of nitrogens with two attached hydrogens (primary N) is 1. The van der Waals surface area contributed by atoms with Crippen molar-refractivity contribution in [2.45, 2.75) is 0 Å². The van der Waals surface area contributed by atoms with E-state index in [-0.39, 0.29) is 68.2 Å². The van der Waals surface area contributed by atoms with Crippen LogP contribution >= 0.6 is 0 Å². The van der Waals surface area contributed by atoms with Crippen LogP contribution in [0.3, 0.4) is 0 Å². The molecule has 0 aliphatic heterocycles. The maximum Gasteiger partial charge on any atom is 1.00 e. The smallest absolute Gasteiger partial charge is 0.541 e. The van der Waals surface area contributed by atoms with E-state index in [2.05, 4.69) is 11.6 Å². The van der Waals surface area contributed by atoms with Crippen molar-refractivity contribution < 1.29 is 66.1 Å². The number of carboxylic acids is 1. The van der Waals surface area contributed by atoms with Gasteiger partial charge in [-0.1, -0.05) is 6.58 Å². The maximum absolute atomic E-state index is 11.0. The van der Waals surface area contributed by atoms with E-state index in [4.69, 9.17) is 5.73 Å². The van der Waals surface area contributed by atoms with Crippen LogP contribution in [-0.4, -0.2) is 16.7 Å². The average Bonchev–Trinajstić information content (AvgIpc) is 2.16. The number of rotatable bonds is 3. The molecule has 0 bridgehead atoms. The standard InChI is InChI=1S/C9H8N2O3.K/c1-5(8(12)9(13)14)6-4-11-3-2-7(6)10;/h2-4H,1H2,(H2,10,11)(H,13,14);/q;+1/p-1. The number of hydrogen-bond donors (Lipinski definition) is 1. The average molecular weight is 230 g/mol. The SMILES string of the molecule is C=C(C(=O)C(=O)[O-])c1cnccc1N.[K+]. The van der Waals surface area contributed by atoms with Crippen LogP contribution in [0.2, 0.25) is 0 Å². The van der Waals surface area contributed by atoms with Gasteiger partial charge in [0.2, 0.25) is 5.78 Å². The number of nitrogen functional groups attached to an aromatic ring is 1. The van der Waals surface area contributed by atoms with Crippen molar-refractivity contribution in [3.63, 3.8) is 0 Å². The predicted octanol–water partition coefficient (Wildman–Crippen LogP) is -4.00. The molecule has 0 unspecified atom stereocenters. The zero-order valence-electron chi connectivity index (χ0n) is 8.19. The summed E-state index contributed by atoms with van der Waals surface area (Å²) in [6, 6.07) is 1.45. The number of nitrogens with zero attached hydrogens (tertiary/aromatic N) is 1. The molecule has 1 rings (SSSR count). The van der Waals surface area contributed by atoms with Crippen LogP contribution in [0.5, 0.6) is 0 Å². The number of aromatic nitrogens is 1. The first-order valence-corrected chi connectivity index (χ1v) is 3.68. The van der Waals surface area contributed by atoms with Gasteiger partial charge in [0.25, 0.3) is 0 Å². The summed E-state index contributed by atoms with van der Waals surface area (Å²) >= 11 is 0. The first kappa shape index (κ1) is 14.5. The summed E-state index contributed by atoms with van der Waals surface area (Å²) in [5.74, 6) is -3.00. The van der Waals surface area contributed by atoms with E-state index >= 15 is 0 Å². The summed E-state index contributed by atoms with van der Waals surface area (Å²) < 4.78 is 0. The van der Waals surface area contributed by atoms with Gasteiger partial charge in [-0.05, 0) is 6.07 Å². The van der Waals surface area contributed by atoms with Crippen molar-refractivity contribution in [3.8, 4) is 0 Å². The van der Waals surface area contributed by atoms with Crippen LogP contribution < -0.4 is 62.2 Å². The van der Waals surface area contributed by atoms with E-state index in [1.165, 1.54) is 18.5 Å². The van der Waals surface area contributed by atoms with E-state index in [1.54, 1.807) is 0 Å². The first-order valence-electron chi connectivity index (χ1n) is 3.68. The van der Waals surface area contributed by atoms with Crippen LogP contribution in [0.15, 0.2) is 25.0 Å². The second-order valence-corrected chi connectivity index (χ2v) is 2.56. The second kappa shape index (κ2) is 6.14. The summed E-state index contributed by atoms with van der Waals surface area (Å²) in [7, 11) is 0. The van der Waals surface area contributed by atoms with E-state index < -0.39 is 11.8 Å². The number of anilines is 1. The Morgan fingerprint density at radius 2 is 2.07 bits per heavy atom. The van der Waals surface area contributed by atoms with E-state index in [9.17, 15) is 14.7 Å². The van der Waals surface area contributed by atoms with Crippen LogP contribution in [0.1, 0.15) is 5.56 Å². The molecule has 0 saturated heterocycles. The molecule has 0 atom stereocenters. The number of aliphatic carboxylic acids is 1. The maximum atomic E-state index is 11.0. The molecule has 0 fully saturated rings. The van der Waals surface area contributed by atoms with E-state index in [0.717, 1.165) is 0 Å². The van der Waals surface area contributed by atoms with Crippen LogP contribution in [0.4, 0.5) is 5.69 Å². The Labute approximate surface area is 129 Å². The van der Waals surface area contributed by atoms with Crippen molar-refractivity contribution in [2.24, 2.45) is 0 Å². The molecule has 5 nitrogen and oxygen atoms in total. The van der Waals surface area contributed by atoms with Crippen molar-refractivity contribution in [1.29, 1.82) is 0 Å². The molecule has 1 heterocycles. The third kappa shape index (κ3) is 3.51. The quantitative estimate of drug-likeness (QED) is 0.324. The monoisotopic (exact) mass is 230 g/mol. The summed E-state index contributed by atoms with van der Waals surface area (Å²) in [5.41, 5.74) is 5.73. The number of carboxylic acid groups (broad SMARTS) is 1. The molecule has 0 amide bonds. The van der Waals surface area contributed by atoms with Crippen molar-refractivity contribution in [1.82, 2.24) is 4.98 Å². The number of hydrogen-bond acceptors (Lipinski definition) is 5. The molecule has 6 heteroatoms. The Balaban J connectivity index is 0.00000196. The molecule has 0 radical (unpaired) electrons. The van der Waals surface area contributed by atoms with Gasteiger partial charge in [-0.15, -0.1) is 0 Å². The van der Waals surface area contributed by atoms with Gasteiger partial charge in [0.15, 0.2) is 0 Å². The van der Waals surface area contributed by atoms with Crippen LogP contribution in [-0.2, 0) is 9.59 Å². The third-order valence-electron chi connectivity index (χ3n) is 1.64. The number of pyridine rings is 1. The summed E-state index contributed by atoms with van der Waals surface area (Å²) in [5, 5.41) is 10.2. The predicted molar refractivity (Wildman–Crippen MR) is 47.7 cm³/mol. The molecule has 0 saturated carbocycles. The van der Waals surface area contributed by atoms with Gasteiger partial charge < -0.3 is 15.6 Å². The van der Waals surface area contributed by atoms with Gasteiger partial charge in [0.1, 0.15) is 5.97 Å². The van der Waals surface area contributed by atoms with Gasteiger partial charge in [0.05, 0.1) is 0 Å². The summed E-state index contributed by atoms with van der Waals surface area (Å²) in [6.07, 6.45) is 2.70. The van der Waals surface area contributed by atoms with Crippen molar-refractivity contribution >= 4 is 23.0 Å². The fraction of sp³-hybridized carbons (Fsp3) is 0. The number of carbonyl (C=O) groups excluding carboxylic acids is 2. The molecule has 0 spiro atoms. The Morgan fingerprint density at radius 3 is 2.53 bits per heavy atom. The summed E-state index contributed by atoms with van der Waals surface area (Å²) in [4.78, 5) is 24.9. The van der Waals surface area contributed by atoms with Crippen LogP contribution in [0.25, 0.3) is 5.57 Å². The molecule has 15 heavy (non-hydrogen) atoms. The topological polar surface area (TPSA) is 96.1 Å². The van der Waals surface area contributed by atoms with E-state index in [0.29, 0.717) is 0 Å². The minimum Gasteiger partial charge on any atom is -0.541 e. The third-order valence-corrected chi connectivity index (χ3v) is 1.64. The molecular weight excluding hydrogens is 223 g/mol. The van der Waals surface area contributed by atoms with Gasteiger partial charge >= 0.3 is 51.4 Å². The zero-order chi connectivity index (χ0) is 10.7. The molecule has 2 N–H and O–H groups in total. The Hall–Kier alpha value is -0.534. The Morgan fingerprint density at radius 1 is 1.47 bits per heavy atom. The molecule has 1 aromatic heterocycles. The number of ketones is 1. The Kier molecular flexibility index (Phi) is 5.92. The van der Waals surface area contributed by atoms with Crippen LogP contribution in [0, 0.1) is 0 Å².